The summed E-state index contributed by atoms with van der Waals surface area (Å²) in [6.07, 6.45) is 1.03. The lowest BCUT2D eigenvalue weighted by atomic mass is 10.2. The molecule has 0 aromatic heterocycles. The van der Waals surface area contributed by atoms with Crippen molar-refractivity contribution in [1.82, 2.24) is 5.32 Å². The molecule has 1 heterocycles. The van der Waals surface area contributed by atoms with Gasteiger partial charge in [0.05, 0.1) is 11.5 Å². The van der Waals surface area contributed by atoms with Gasteiger partial charge in [-0.05, 0) is 12.0 Å². The van der Waals surface area contributed by atoms with E-state index in [9.17, 15) is 10.1 Å². The molecule has 1 aliphatic heterocycles. The molecule has 1 aromatic carbocycles. The Kier molecular flexibility index (Phi) is 3.48. The normalized spacial score (nSPS) is 19.9. The van der Waals surface area contributed by atoms with Crippen LogP contribution >= 0.6 is 0 Å². The van der Waals surface area contributed by atoms with Crippen molar-refractivity contribution in [3.63, 3.8) is 0 Å². The maximum Gasteiger partial charge on any atom is 0.269 e. The minimum absolute atomic E-state index is 0.132. The van der Waals surface area contributed by atoms with E-state index >= 15 is 0 Å². The summed E-state index contributed by atoms with van der Waals surface area (Å²) >= 11 is 0. The molecule has 0 bridgehead atoms. The van der Waals surface area contributed by atoms with Crippen LogP contribution in [-0.4, -0.2) is 24.2 Å². The zero-order valence-electron chi connectivity index (χ0n) is 8.89. The molecular weight excluding hydrogens is 208 g/mol. The van der Waals surface area contributed by atoms with Gasteiger partial charge in [-0.2, -0.15) is 0 Å². The van der Waals surface area contributed by atoms with Gasteiger partial charge in [-0.15, -0.1) is 0 Å². The lowest BCUT2D eigenvalue weighted by molar-refractivity contribution is -0.384. The maximum atomic E-state index is 10.5. The number of nitrogens with one attached hydrogen (secondary N) is 1. The number of nitrogens with zero attached hydrogens (tertiary/aromatic N) is 1. The summed E-state index contributed by atoms with van der Waals surface area (Å²) in [5.74, 6) is 0. The van der Waals surface area contributed by atoms with E-state index < -0.39 is 0 Å². The highest BCUT2D eigenvalue weighted by molar-refractivity contribution is 5.32. The van der Waals surface area contributed by atoms with Gasteiger partial charge < -0.3 is 10.1 Å². The second kappa shape index (κ2) is 5.05. The first kappa shape index (κ1) is 11.0. The van der Waals surface area contributed by atoms with E-state index in [1.807, 2.05) is 0 Å². The summed E-state index contributed by atoms with van der Waals surface area (Å²) in [5.41, 5.74) is 1.19. The largest absolute Gasteiger partial charge is 0.380 e. The van der Waals surface area contributed by atoms with E-state index in [1.54, 1.807) is 12.1 Å². The summed E-state index contributed by atoms with van der Waals surface area (Å²) in [5, 5.41) is 13.8. The van der Waals surface area contributed by atoms with E-state index in [-0.39, 0.29) is 10.6 Å². The zero-order valence-corrected chi connectivity index (χ0v) is 8.89. The molecule has 16 heavy (non-hydrogen) atoms. The monoisotopic (exact) mass is 222 g/mol. The number of nitro benzene ring substituents is 1. The van der Waals surface area contributed by atoms with Crippen molar-refractivity contribution < 1.29 is 9.66 Å². The Morgan fingerprint density at radius 1 is 1.44 bits per heavy atom. The van der Waals surface area contributed by atoms with Crippen molar-refractivity contribution in [2.75, 3.05) is 13.2 Å². The fourth-order valence-corrected chi connectivity index (χ4v) is 1.69. The Morgan fingerprint density at radius 3 is 2.75 bits per heavy atom. The molecule has 5 nitrogen and oxygen atoms in total. The quantitative estimate of drug-likeness (QED) is 0.619. The highest BCUT2D eigenvalue weighted by atomic mass is 16.6. The maximum absolute atomic E-state index is 10.5. The first-order chi connectivity index (χ1) is 7.75. The van der Waals surface area contributed by atoms with Crippen LogP contribution in [0.2, 0.25) is 0 Å². The zero-order chi connectivity index (χ0) is 11.4. The predicted molar refractivity (Wildman–Crippen MR) is 59.2 cm³/mol. The van der Waals surface area contributed by atoms with Crippen molar-refractivity contribution in [3.8, 4) is 0 Å². The van der Waals surface area contributed by atoms with Crippen LogP contribution in [0, 0.1) is 10.1 Å². The second-order valence-electron chi connectivity index (χ2n) is 3.86. The Hall–Kier alpha value is -1.46. The van der Waals surface area contributed by atoms with Crippen LogP contribution in [0.25, 0.3) is 0 Å². The molecule has 1 atom stereocenters. The van der Waals surface area contributed by atoms with Crippen molar-refractivity contribution in [2.45, 2.75) is 19.0 Å². The van der Waals surface area contributed by atoms with Crippen molar-refractivity contribution in [3.05, 3.63) is 39.9 Å². The van der Waals surface area contributed by atoms with Gasteiger partial charge in [0.1, 0.15) is 0 Å². The molecule has 1 aromatic rings. The third-order valence-electron chi connectivity index (χ3n) is 2.67. The van der Waals surface area contributed by atoms with Gasteiger partial charge in [0.15, 0.2) is 0 Å². The summed E-state index contributed by atoms with van der Waals surface area (Å²) in [6.45, 7) is 2.30. The Bertz CT molecular complexity index is 358. The minimum Gasteiger partial charge on any atom is -0.380 e. The Balaban J connectivity index is 1.87. The summed E-state index contributed by atoms with van der Waals surface area (Å²) in [6, 6.07) is 7.03. The fourth-order valence-electron chi connectivity index (χ4n) is 1.69. The molecule has 1 N–H and O–H groups in total. The van der Waals surface area contributed by atoms with Crippen molar-refractivity contribution in [2.24, 2.45) is 0 Å². The molecule has 5 heteroatoms. The van der Waals surface area contributed by atoms with E-state index in [0.29, 0.717) is 6.04 Å². The van der Waals surface area contributed by atoms with E-state index in [0.717, 1.165) is 31.7 Å². The molecule has 1 aliphatic rings. The highest BCUT2D eigenvalue weighted by Gasteiger charge is 2.14. The average Bonchev–Trinajstić information content (AvgIpc) is 2.80. The van der Waals surface area contributed by atoms with Crippen molar-refractivity contribution in [1.29, 1.82) is 0 Å². The molecule has 0 aliphatic carbocycles. The first-order valence-electron chi connectivity index (χ1n) is 5.30. The van der Waals surface area contributed by atoms with Crippen LogP contribution in [0.3, 0.4) is 0 Å². The predicted octanol–water partition coefficient (Wildman–Crippen LogP) is 1.47. The topological polar surface area (TPSA) is 64.4 Å². The minimum atomic E-state index is -0.387. The molecule has 86 valence electrons. The van der Waals surface area contributed by atoms with Crippen molar-refractivity contribution >= 4 is 5.69 Å². The van der Waals surface area contributed by atoms with Gasteiger partial charge in [0, 0.05) is 31.3 Å². The van der Waals surface area contributed by atoms with Gasteiger partial charge in [-0.1, -0.05) is 12.1 Å². The van der Waals surface area contributed by atoms with Gasteiger partial charge in [-0.25, -0.2) is 0 Å². The number of nitro groups is 1. The van der Waals surface area contributed by atoms with Gasteiger partial charge in [-0.3, -0.25) is 10.1 Å². The van der Waals surface area contributed by atoms with Crippen LogP contribution in [0.5, 0.6) is 0 Å². The van der Waals surface area contributed by atoms with Gasteiger partial charge in [0.25, 0.3) is 5.69 Å². The molecule has 0 saturated carbocycles. The summed E-state index contributed by atoms with van der Waals surface area (Å²) in [7, 11) is 0. The summed E-state index contributed by atoms with van der Waals surface area (Å²) in [4.78, 5) is 10.1. The lowest BCUT2D eigenvalue weighted by Crippen LogP contribution is -2.28. The first-order valence-corrected chi connectivity index (χ1v) is 5.30. The van der Waals surface area contributed by atoms with E-state index in [2.05, 4.69) is 5.32 Å². The molecule has 1 unspecified atom stereocenters. The fraction of sp³-hybridized carbons (Fsp3) is 0.455. The van der Waals surface area contributed by atoms with Gasteiger partial charge >= 0.3 is 0 Å². The standard InChI is InChI=1S/C11H14N2O3/c14-13(15)11-3-1-9(2-4-11)7-12-10-5-6-16-8-10/h1-4,10,12H,5-8H2. The molecule has 1 fully saturated rings. The van der Waals surface area contributed by atoms with Crippen LogP contribution < -0.4 is 5.32 Å². The second-order valence-corrected chi connectivity index (χ2v) is 3.86. The highest BCUT2D eigenvalue weighted by Crippen LogP contribution is 2.12. The average molecular weight is 222 g/mol. The number of rotatable bonds is 4. The Morgan fingerprint density at radius 2 is 2.19 bits per heavy atom. The van der Waals surface area contributed by atoms with Crippen LogP contribution in [0.1, 0.15) is 12.0 Å². The molecule has 1 saturated heterocycles. The summed E-state index contributed by atoms with van der Waals surface area (Å²) < 4.78 is 5.24. The number of hydrogen-bond donors (Lipinski definition) is 1. The molecular formula is C11H14N2O3. The van der Waals surface area contributed by atoms with Crippen LogP contribution in [-0.2, 0) is 11.3 Å². The van der Waals surface area contributed by atoms with Gasteiger partial charge in [0.2, 0.25) is 0 Å². The number of ether oxygens (including phenoxy) is 1. The number of hydrogen-bond acceptors (Lipinski definition) is 4. The van der Waals surface area contributed by atoms with Crippen LogP contribution in [0.15, 0.2) is 24.3 Å². The van der Waals surface area contributed by atoms with E-state index in [1.165, 1.54) is 12.1 Å². The Labute approximate surface area is 93.6 Å². The smallest absolute Gasteiger partial charge is 0.269 e. The third kappa shape index (κ3) is 2.77. The third-order valence-corrected chi connectivity index (χ3v) is 2.67. The number of non-ortho nitro benzene ring substituents is 1. The van der Waals surface area contributed by atoms with Crippen LogP contribution in [0.4, 0.5) is 5.69 Å². The lowest BCUT2D eigenvalue weighted by Gasteiger charge is -2.09. The molecule has 0 spiro atoms. The molecule has 0 radical (unpaired) electrons. The molecule has 2 rings (SSSR count). The SMILES string of the molecule is O=[N+]([O-])c1ccc(CNC2CCOC2)cc1. The molecule has 0 amide bonds. The number of benzene rings is 1. The van der Waals surface area contributed by atoms with E-state index in [4.69, 9.17) is 4.74 Å².